The van der Waals surface area contributed by atoms with Gasteiger partial charge < -0.3 is 15.1 Å². The Morgan fingerprint density at radius 3 is 2.59 bits per heavy atom. The van der Waals surface area contributed by atoms with Gasteiger partial charge in [-0.3, -0.25) is 4.79 Å². The van der Waals surface area contributed by atoms with E-state index in [2.05, 4.69) is 20.6 Å². The number of rotatable bonds is 6. The number of anilines is 1. The Bertz CT molecular complexity index is 959. The highest BCUT2D eigenvalue weighted by Crippen LogP contribution is 2.22. The van der Waals surface area contributed by atoms with Crippen molar-refractivity contribution in [3.63, 3.8) is 0 Å². The van der Waals surface area contributed by atoms with E-state index in [1.807, 2.05) is 37.3 Å². The topological polar surface area (TPSA) is 80.0 Å². The van der Waals surface area contributed by atoms with E-state index in [1.165, 1.54) is 32.1 Å². The first-order chi connectivity index (χ1) is 14.2. The molecule has 1 aliphatic rings. The van der Waals surface area contributed by atoms with Crippen LogP contribution in [0, 0.1) is 6.92 Å². The molecular formula is C23H26N4O2. The molecule has 1 aromatic carbocycles. The van der Waals surface area contributed by atoms with E-state index in [1.54, 1.807) is 18.5 Å². The van der Waals surface area contributed by atoms with Gasteiger partial charge in [0.05, 0.1) is 6.54 Å². The third-order valence-electron chi connectivity index (χ3n) is 5.27. The lowest BCUT2D eigenvalue weighted by Gasteiger charge is -2.22. The van der Waals surface area contributed by atoms with Gasteiger partial charge >= 0.3 is 0 Å². The van der Waals surface area contributed by atoms with Crippen molar-refractivity contribution >= 4 is 11.9 Å². The molecule has 0 spiro atoms. The average molecular weight is 390 g/mol. The van der Waals surface area contributed by atoms with Crippen LogP contribution in [0.1, 0.15) is 54.0 Å². The van der Waals surface area contributed by atoms with Gasteiger partial charge in [0.2, 0.25) is 5.95 Å². The predicted molar refractivity (Wildman–Crippen MR) is 113 cm³/mol. The summed E-state index contributed by atoms with van der Waals surface area (Å²) in [5, 5.41) is 6.32. The summed E-state index contributed by atoms with van der Waals surface area (Å²) < 4.78 is 5.49. The first-order valence-electron chi connectivity index (χ1n) is 10.2. The molecule has 29 heavy (non-hydrogen) atoms. The lowest BCUT2D eigenvalue weighted by atomic mass is 9.96. The minimum atomic E-state index is -0.141. The predicted octanol–water partition coefficient (Wildman–Crippen LogP) is 4.72. The van der Waals surface area contributed by atoms with E-state index in [0.29, 0.717) is 24.1 Å². The lowest BCUT2D eigenvalue weighted by molar-refractivity contribution is 0.0948. The number of hydrogen-bond acceptors (Lipinski definition) is 5. The molecule has 1 amide bonds. The van der Waals surface area contributed by atoms with Crippen molar-refractivity contribution in [3.8, 4) is 11.1 Å². The van der Waals surface area contributed by atoms with Crippen LogP contribution in [0.15, 0.2) is 53.2 Å². The molecule has 0 aliphatic heterocycles. The highest BCUT2D eigenvalue weighted by Gasteiger charge is 2.14. The number of carbonyl (C=O) groups is 1. The van der Waals surface area contributed by atoms with Gasteiger partial charge in [0.15, 0.2) is 0 Å². The molecule has 0 atom stereocenters. The number of nitrogens with zero attached hydrogens (tertiary/aromatic N) is 2. The molecule has 1 aliphatic carbocycles. The Labute approximate surface area is 170 Å². The van der Waals surface area contributed by atoms with Gasteiger partial charge in [-0.05, 0) is 49.6 Å². The van der Waals surface area contributed by atoms with Crippen LogP contribution in [-0.4, -0.2) is 21.9 Å². The zero-order valence-electron chi connectivity index (χ0n) is 16.6. The summed E-state index contributed by atoms with van der Waals surface area (Å²) in [5.41, 5.74) is 2.39. The maximum Gasteiger partial charge on any atom is 0.251 e. The van der Waals surface area contributed by atoms with E-state index in [4.69, 9.17) is 4.42 Å². The van der Waals surface area contributed by atoms with Crippen molar-refractivity contribution in [1.29, 1.82) is 0 Å². The Kier molecular flexibility index (Phi) is 5.89. The summed E-state index contributed by atoms with van der Waals surface area (Å²) in [5.74, 6) is 2.10. The van der Waals surface area contributed by atoms with Gasteiger partial charge in [-0.2, -0.15) is 0 Å². The molecule has 150 valence electrons. The number of benzene rings is 1. The van der Waals surface area contributed by atoms with Crippen molar-refractivity contribution in [3.05, 3.63) is 65.9 Å². The number of aromatic nitrogens is 2. The fourth-order valence-corrected chi connectivity index (χ4v) is 3.67. The molecule has 1 saturated carbocycles. The molecule has 0 unspecified atom stereocenters. The Morgan fingerprint density at radius 2 is 1.86 bits per heavy atom. The molecule has 2 heterocycles. The van der Waals surface area contributed by atoms with E-state index in [0.717, 1.165) is 22.6 Å². The van der Waals surface area contributed by atoms with Gasteiger partial charge in [-0.1, -0.05) is 31.4 Å². The molecule has 2 aromatic heterocycles. The Morgan fingerprint density at radius 1 is 1.07 bits per heavy atom. The number of aryl methyl sites for hydroxylation is 1. The molecule has 0 radical (unpaired) electrons. The molecule has 1 fully saturated rings. The average Bonchev–Trinajstić information content (AvgIpc) is 3.18. The summed E-state index contributed by atoms with van der Waals surface area (Å²) in [6, 6.07) is 11.7. The van der Waals surface area contributed by atoms with Gasteiger partial charge in [0.25, 0.3) is 5.91 Å². The quantitative estimate of drug-likeness (QED) is 0.637. The highest BCUT2D eigenvalue weighted by atomic mass is 16.3. The summed E-state index contributed by atoms with van der Waals surface area (Å²) in [6.45, 7) is 2.24. The third-order valence-corrected chi connectivity index (χ3v) is 5.27. The van der Waals surface area contributed by atoms with Crippen LogP contribution in [0.3, 0.4) is 0 Å². The van der Waals surface area contributed by atoms with Crippen molar-refractivity contribution < 1.29 is 9.21 Å². The monoisotopic (exact) mass is 390 g/mol. The second kappa shape index (κ2) is 8.90. The second-order valence-corrected chi connectivity index (χ2v) is 7.55. The Balaban J connectivity index is 1.40. The largest absolute Gasteiger partial charge is 0.465 e. The molecular weight excluding hydrogens is 364 g/mol. The molecule has 6 nitrogen and oxygen atoms in total. The third kappa shape index (κ3) is 5.02. The van der Waals surface area contributed by atoms with Gasteiger partial charge in [-0.25, -0.2) is 9.97 Å². The molecule has 4 rings (SSSR count). The summed E-state index contributed by atoms with van der Waals surface area (Å²) >= 11 is 0. The zero-order chi connectivity index (χ0) is 20.1. The molecule has 0 saturated heterocycles. The Hall–Kier alpha value is -3.15. The van der Waals surface area contributed by atoms with Crippen LogP contribution < -0.4 is 10.6 Å². The van der Waals surface area contributed by atoms with Gasteiger partial charge in [0.1, 0.15) is 11.5 Å². The number of carbonyl (C=O) groups excluding carboxylic acids is 1. The lowest BCUT2D eigenvalue weighted by Crippen LogP contribution is -2.23. The van der Waals surface area contributed by atoms with Crippen LogP contribution >= 0.6 is 0 Å². The first-order valence-corrected chi connectivity index (χ1v) is 10.2. The summed E-state index contributed by atoms with van der Waals surface area (Å²) in [4.78, 5) is 21.4. The van der Waals surface area contributed by atoms with Crippen molar-refractivity contribution in [2.45, 2.75) is 51.6 Å². The molecule has 6 heteroatoms. The van der Waals surface area contributed by atoms with Crippen LogP contribution in [0.4, 0.5) is 5.95 Å². The zero-order valence-corrected chi connectivity index (χ0v) is 16.6. The standard InChI is InChI=1S/C23H26N4O2/c1-16-10-11-21(29-16)15-24-22(28)18-7-5-6-17(12-18)19-13-25-23(26-14-19)27-20-8-3-2-4-9-20/h5-7,10-14,20H,2-4,8-9,15H2,1H3,(H,24,28)(H,25,26,27). The smallest absolute Gasteiger partial charge is 0.251 e. The number of furan rings is 1. The fraction of sp³-hybridized carbons (Fsp3) is 0.348. The maximum absolute atomic E-state index is 12.5. The van der Waals surface area contributed by atoms with Gasteiger partial charge in [-0.15, -0.1) is 0 Å². The summed E-state index contributed by atoms with van der Waals surface area (Å²) in [6.07, 6.45) is 9.83. The number of nitrogens with one attached hydrogen (secondary N) is 2. The first kappa shape index (κ1) is 19.2. The maximum atomic E-state index is 12.5. The van der Waals surface area contributed by atoms with E-state index < -0.39 is 0 Å². The van der Waals surface area contributed by atoms with Crippen LogP contribution in [-0.2, 0) is 6.54 Å². The fourth-order valence-electron chi connectivity index (χ4n) is 3.67. The van der Waals surface area contributed by atoms with Crippen LogP contribution in [0.25, 0.3) is 11.1 Å². The van der Waals surface area contributed by atoms with Crippen molar-refractivity contribution in [2.75, 3.05) is 5.32 Å². The number of amides is 1. The number of hydrogen-bond donors (Lipinski definition) is 2. The van der Waals surface area contributed by atoms with Crippen molar-refractivity contribution in [2.24, 2.45) is 0 Å². The van der Waals surface area contributed by atoms with E-state index in [-0.39, 0.29) is 5.91 Å². The highest BCUT2D eigenvalue weighted by molar-refractivity contribution is 5.95. The molecule has 0 bridgehead atoms. The normalized spacial score (nSPS) is 14.5. The minimum Gasteiger partial charge on any atom is -0.465 e. The minimum absolute atomic E-state index is 0.141. The molecule has 3 aromatic rings. The van der Waals surface area contributed by atoms with E-state index in [9.17, 15) is 4.79 Å². The van der Waals surface area contributed by atoms with Crippen LogP contribution in [0.2, 0.25) is 0 Å². The summed E-state index contributed by atoms with van der Waals surface area (Å²) in [7, 11) is 0. The second-order valence-electron chi connectivity index (χ2n) is 7.55. The SMILES string of the molecule is Cc1ccc(CNC(=O)c2cccc(-c3cnc(NC4CCCCC4)nc3)c2)o1. The van der Waals surface area contributed by atoms with Crippen LogP contribution in [0.5, 0.6) is 0 Å². The molecule has 2 N–H and O–H groups in total. The van der Waals surface area contributed by atoms with E-state index >= 15 is 0 Å². The van der Waals surface area contributed by atoms with Gasteiger partial charge in [0, 0.05) is 29.6 Å². The van der Waals surface area contributed by atoms with Crippen molar-refractivity contribution in [1.82, 2.24) is 15.3 Å².